The average molecular weight is 1150 g/mol. The van der Waals surface area contributed by atoms with E-state index in [1.54, 1.807) is 0 Å². The van der Waals surface area contributed by atoms with Gasteiger partial charge in [0.25, 0.3) is 24.9 Å². The number of phosphoric acid groups is 2. The zero-order valence-electron chi connectivity index (χ0n) is 39.1. The summed E-state index contributed by atoms with van der Waals surface area (Å²) in [6.07, 6.45) is -15.2. The van der Waals surface area contributed by atoms with Crippen molar-refractivity contribution < 1.29 is 104 Å². The number of ether oxygens (including phenoxy) is 5. The van der Waals surface area contributed by atoms with Crippen LogP contribution in [-0.4, -0.2) is 175 Å². The second-order valence-electron chi connectivity index (χ2n) is 17.0. The normalized spacial score (nSPS) is 30.4. The van der Waals surface area contributed by atoms with Crippen molar-refractivity contribution in [3.63, 3.8) is 0 Å². The molecule has 36 nitrogen and oxygen atoms in total. The molecule has 5 aromatic rings. The van der Waals surface area contributed by atoms with Crippen molar-refractivity contribution in [2.24, 2.45) is 13.0 Å². The van der Waals surface area contributed by atoms with Gasteiger partial charge in [-0.2, -0.15) is 0 Å². The summed E-state index contributed by atoms with van der Waals surface area (Å²) in [5, 5.41) is 32.5. The fourth-order valence-corrected chi connectivity index (χ4v) is 14.1. The molecule has 5 aromatic heterocycles. The molecular weight excluding hydrogens is 1100 g/mol. The van der Waals surface area contributed by atoms with Crippen LogP contribution in [-0.2, 0) is 71.4 Å². The number of aryl methyl sites for hydroxylation is 1. The summed E-state index contributed by atoms with van der Waals surface area (Å²) in [4.78, 5) is 102. The highest BCUT2D eigenvalue weighted by Crippen LogP contribution is 2.62. The predicted octanol–water partition coefficient (Wildman–Crippen LogP) is -4.45. The van der Waals surface area contributed by atoms with E-state index in [0.29, 0.717) is 0 Å². The summed E-state index contributed by atoms with van der Waals surface area (Å²) < 4.78 is 111. The molecular formula is C35H50N12O24P4. The number of phosphoric ester groups is 2. The zero-order valence-corrected chi connectivity index (χ0v) is 42.7. The van der Waals surface area contributed by atoms with Crippen LogP contribution in [0.15, 0.2) is 45.6 Å². The van der Waals surface area contributed by atoms with Crippen molar-refractivity contribution >= 4 is 64.9 Å². The first kappa shape index (κ1) is 56.6. The molecule has 414 valence electrons. The highest BCUT2D eigenvalue weighted by Gasteiger charge is 2.52. The molecule has 3 saturated heterocycles. The van der Waals surface area contributed by atoms with Crippen molar-refractivity contribution in [3.8, 4) is 0 Å². The zero-order chi connectivity index (χ0) is 54.5. The number of aliphatic hydroxyl groups excluding tert-OH is 3. The van der Waals surface area contributed by atoms with Gasteiger partial charge in [-0.15, -0.1) is 0 Å². The fourth-order valence-electron chi connectivity index (χ4n) is 8.51. The summed E-state index contributed by atoms with van der Waals surface area (Å²) in [6.45, 7) is -3.11. The number of H-pyrrole nitrogens is 2. The maximum atomic E-state index is 13.5. The van der Waals surface area contributed by atoms with Gasteiger partial charge in [-0.3, -0.25) is 51.5 Å². The SMILES string of the molecule is COC[C@H]1[C@@H](O)[C@H]([n+]2cn(C)c3c(=O)[nH]c(N)nc32)O[C@@H]1COP(=O)(O)OP(=O)(O)CCP(=O)(O)OC[C@H]1O[C@@H](n2cnc3c(N)ncnc32)[C@H](OC)[C@@H]1OP(=O)([O-])OC[C@H]1O[C@@H](n2ccc(=O)[nH]c2=O)[C@H](O)[C@@H]1O. The van der Waals surface area contributed by atoms with Crippen LogP contribution >= 0.6 is 30.8 Å². The molecule has 3 aliphatic rings. The summed E-state index contributed by atoms with van der Waals surface area (Å²) in [5.41, 5.74) is 9.47. The van der Waals surface area contributed by atoms with Gasteiger partial charge in [0.15, 0.2) is 30.2 Å². The number of fused-ring (bicyclic) bond motifs is 2. The quantitative estimate of drug-likeness (QED) is 0.0231. The summed E-state index contributed by atoms with van der Waals surface area (Å²) in [7, 11) is -17.6. The number of aromatic amines is 2. The summed E-state index contributed by atoms with van der Waals surface area (Å²) in [5.74, 6) is -1.28. The third-order valence-electron chi connectivity index (χ3n) is 12.0. The van der Waals surface area contributed by atoms with Crippen LogP contribution in [0, 0.1) is 5.92 Å². The number of nitrogens with two attached hydrogens (primary N) is 2. The molecule has 0 aliphatic carbocycles. The highest BCUT2D eigenvalue weighted by molar-refractivity contribution is 7.64. The van der Waals surface area contributed by atoms with Crippen LogP contribution in [0.1, 0.15) is 18.7 Å². The Morgan fingerprint density at radius 2 is 1.51 bits per heavy atom. The molecule has 0 radical (unpaired) electrons. The first-order chi connectivity index (χ1) is 35.2. The number of hydrogen-bond donors (Lipinski definition) is 10. The second-order valence-corrected chi connectivity index (χ2v) is 23.9. The van der Waals surface area contributed by atoms with E-state index in [-0.39, 0.29) is 40.7 Å². The lowest BCUT2D eigenvalue weighted by Gasteiger charge is -2.31. The Morgan fingerprint density at radius 1 is 0.813 bits per heavy atom. The van der Waals surface area contributed by atoms with Crippen LogP contribution in [0.25, 0.3) is 22.3 Å². The number of aromatic nitrogens is 10. The molecule has 3 aliphatic heterocycles. The number of hydrogen-bond acceptors (Lipinski definition) is 27. The van der Waals surface area contributed by atoms with Gasteiger partial charge in [0.05, 0.1) is 58.2 Å². The molecule has 0 spiro atoms. The van der Waals surface area contributed by atoms with Gasteiger partial charge in [0, 0.05) is 32.4 Å². The van der Waals surface area contributed by atoms with E-state index in [0.717, 1.165) is 30.3 Å². The second kappa shape index (κ2) is 22.0. The van der Waals surface area contributed by atoms with E-state index in [1.165, 1.54) is 40.5 Å². The van der Waals surface area contributed by atoms with Gasteiger partial charge >= 0.3 is 34.4 Å². The predicted molar refractivity (Wildman–Crippen MR) is 244 cm³/mol. The third kappa shape index (κ3) is 12.3. The van der Waals surface area contributed by atoms with Crippen LogP contribution in [0.4, 0.5) is 11.8 Å². The van der Waals surface area contributed by atoms with Crippen molar-refractivity contribution in [2.45, 2.75) is 67.5 Å². The van der Waals surface area contributed by atoms with Gasteiger partial charge in [0.2, 0.25) is 11.7 Å². The Labute approximate surface area is 418 Å². The Kier molecular flexibility index (Phi) is 16.6. The van der Waals surface area contributed by atoms with Gasteiger partial charge in [0.1, 0.15) is 54.6 Å². The molecule has 3 fully saturated rings. The fraction of sp³-hybridized carbons (Fsp3) is 0.600. The maximum Gasteiger partial charge on any atom is 0.479 e. The topological polar surface area (TPSA) is 510 Å². The monoisotopic (exact) mass is 1150 g/mol. The minimum atomic E-state index is -5.62. The first-order valence-corrected chi connectivity index (χ1v) is 28.3. The van der Waals surface area contributed by atoms with Gasteiger partial charge in [-0.1, -0.05) is 4.98 Å². The Bertz CT molecular complexity index is 3280. The number of imidazole rings is 2. The Hall–Kier alpha value is -4.58. The highest BCUT2D eigenvalue weighted by atomic mass is 31.3. The van der Waals surface area contributed by atoms with Crippen molar-refractivity contribution in [1.29, 1.82) is 0 Å². The van der Waals surface area contributed by atoms with Crippen molar-refractivity contribution in [3.05, 3.63) is 62.4 Å². The van der Waals surface area contributed by atoms with Gasteiger partial charge in [-0.05, 0) is 0 Å². The smallest absolute Gasteiger partial charge is 0.479 e. The van der Waals surface area contributed by atoms with Crippen LogP contribution in [0.3, 0.4) is 0 Å². The average Bonchev–Trinajstić information content (AvgIpc) is 4.13. The van der Waals surface area contributed by atoms with E-state index in [4.69, 9.17) is 53.2 Å². The van der Waals surface area contributed by atoms with E-state index >= 15 is 0 Å². The summed E-state index contributed by atoms with van der Waals surface area (Å²) in [6, 6.07) is 0.931. The van der Waals surface area contributed by atoms with Crippen LogP contribution in [0.2, 0.25) is 0 Å². The number of nitrogens with one attached hydrogen (secondary N) is 2. The van der Waals surface area contributed by atoms with Crippen LogP contribution < -0.4 is 37.7 Å². The molecule has 8 heterocycles. The maximum absolute atomic E-state index is 13.5. The van der Waals surface area contributed by atoms with E-state index < -0.39 is 153 Å². The molecule has 0 amide bonds. The number of aliphatic hydroxyl groups is 3. The molecule has 8 rings (SSSR count). The van der Waals surface area contributed by atoms with Crippen molar-refractivity contribution in [2.75, 3.05) is 64.4 Å². The molecule has 40 heteroatoms. The van der Waals surface area contributed by atoms with Crippen LogP contribution in [0.5, 0.6) is 0 Å². The lowest BCUT2D eigenvalue weighted by Crippen LogP contribution is -2.45. The molecule has 16 atom stereocenters. The molecule has 75 heavy (non-hydrogen) atoms. The van der Waals surface area contributed by atoms with E-state index in [2.05, 4.69) is 29.2 Å². The van der Waals surface area contributed by atoms with Crippen molar-refractivity contribution in [1.82, 2.24) is 43.6 Å². The molecule has 12 N–H and O–H groups in total. The lowest BCUT2D eigenvalue weighted by molar-refractivity contribution is -0.745. The third-order valence-corrected chi connectivity index (χ3v) is 17.8. The molecule has 4 unspecified atom stereocenters. The molecule has 0 aromatic carbocycles. The van der Waals surface area contributed by atoms with E-state index in [1.807, 2.05) is 4.98 Å². The van der Waals surface area contributed by atoms with Gasteiger partial charge < -0.3 is 83.6 Å². The van der Waals surface area contributed by atoms with E-state index in [9.17, 15) is 67.5 Å². The molecule has 0 bridgehead atoms. The number of nitrogen functional groups attached to an aromatic ring is 2. The first-order valence-electron chi connectivity index (χ1n) is 21.9. The Balaban J connectivity index is 0.914. The number of methoxy groups -OCH3 is 2. The molecule has 0 saturated carbocycles. The minimum absolute atomic E-state index is 0.0105. The number of nitrogens with zero attached hydrogens (tertiary/aromatic N) is 8. The van der Waals surface area contributed by atoms with Gasteiger partial charge in [-0.25, -0.2) is 33.2 Å². The standard InChI is InChI=1S/C35H50N12O24P4/c1-44-14-47(29-21(44)30(52)43-34(37)42-29)31-22(49)15(8-62-2)16(67-31)9-66-75(60,61)71-73(56,57)7-6-72(54,55)64-11-18-25(26(63-3)33(69-18)46-13-40-20-27(36)38-12-39-28(20)46)70-74(58,59)65-10-17-23(50)24(51)32(68-17)45-5-4-19(48)41-35(45)53/h4-5,12-18,22-26,31-33,49-51H,6-11H2,1-3H3,(H9-,36,37,38,39,41,42,43,48,52,53,54,55,56,57,58,59,60,61)/t15-,16-,17-,18-,22-,23-,24-,25-,26-,31-,32-,33-/m1/s1. The minimum Gasteiger partial charge on any atom is -0.756 e. The Morgan fingerprint density at radius 3 is 2.21 bits per heavy atom. The number of anilines is 2. The number of rotatable bonds is 22. The summed E-state index contributed by atoms with van der Waals surface area (Å²) >= 11 is 0. The lowest BCUT2D eigenvalue weighted by atomic mass is 9.99. The largest absolute Gasteiger partial charge is 0.756 e.